The van der Waals surface area contributed by atoms with Crippen LogP contribution < -0.4 is 10.6 Å². The molecule has 2 N–H and O–H groups in total. The van der Waals surface area contributed by atoms with Crippen LogP contribution in [-0.4, -0.2) is 82.1 Å². The molecule has 8 heteroatoms. The lowest BCUT2D eigenvalue weighted by atomic mass is 9.95. The van der Waals surface area contributed by atoms with Crippen molar-refractivity contribution in [3.05, 3.63) is 0 Å². The minimum absolute atomic E-state index is 0.0687. The second kappa shape index (κ2) is 8.93. The van der Waals surface area contributed by atoms with Crippen LogP contribution in [0, 0.1) is 5.92 Å². The highest BCUT2D eigenvalue weighted by atomic mass is 32.2. The largest absolute Gasteiger partial charge is 0.341 e. The van der Waals surface area contributed by atoms with E-state index >= 15 is 0 Å². The van der Waals surface area contributed by atoms with E-state index < -0.39 is 0 Å². The zero-order chi connectivity index (χ0) is 18.8. The highest BCUT2D eigenvalue weighted by molar-refractivity contribution is 8.01. The summed E-state index contributed by atoms with van der Waals surface area (Å²) in [6, 6.07) is 0.489. The van der Waals surface area contributed by atoms with E-state index in [0.29, 0.717) is 11.3 Å². The standard InChI is InChI=1S/C19H32N4O2S2/c1-2-22-8-10-23(11-9-22)19(25)13-7-12-26-17(13)21-16(24)18-20-14-5-3-4-6-15(14)27-18/h13-15,17-18,20H,2-12H2,1H3,(H,21,24). The zero-order valence-electron chi connectivity index (χ0n) is 16.2. The van der Waals surface area contributed by atoms with Crippen LogP contribution in [0.15, 0.2) is 0 Å². The fraction of sp³-hybridized carbons (Fsp3) is 0.895. The normalized spacial score (nSPS) is 37.2. The summed E-state index contributed by atoms with van der Waals surface area (Å²) >= 11 is 3.53. The van der Waals surface area contributed by atoms with Gasteiger partial charge in [-0.15, -0.1) is 23.5 Å². The quantitative estimate of drug-likeness (QED) is 0.726. The molecule has 152 valence electrons. The number of nitrogens with one attached hydrogen (secondary N) is 2. The maximum absolute atomic E-state index is 13.0. The van der Waals surface area contributed by atoms with Crippen molar-refractivity contribution >= 4 is 35.3 Å². The molecule has 4 rings (SSSR count). The Kier molecular flexibility index (Phi) is 6.57. The van der Waals surface area contributed by atoms with Crippen LogP contribution in [0.25, 0.3) is 0 Å². The fourth-order valence-electron chi connectivity index (χ4n) is 4.72. The number of nitrogens with zero attached hydrogens (tertiary/aromatic N) is 2. The van der Waals surface area contributed by atoms with Crippen molar-refractivity contribution in [3.63, 3.8) is 0 Å². The molecule has 0 aromatic carbocycles. The fourth-order valence-corrected chi connectivity index (χ4v) is 7.55. The molecule has 0 radical (unpaired) electrons. The predicted octanol–water partition coefficient (Wildman–Crippen LogP) is 1.32. The summed E-state index contributed by atoms with van der Waals surface area (Å²) in [6.45, 7) is 6.78. The lowest BCUT2D eigenvalue weighted by Gasteiger charge is -2.36. The number of fused-ring (bicyclic) bond motifs is 1. The highest BCUT2D eigenvalue weighted by Gasteiger charge is 2.42. The van der Waals surface area contributed by atoms with Gasteiger partial charge in [0.2, 0.25) is 11.8 Å². The second-order valence-electron chi connectivity index (χ2n) is 8.07. The Morgan fingerprint density at radius 1 is 1.11 bits per heavy atom. The molecule has 2 amide bonds. The molecule has 3 saturated heterocycles. The lowest BCUT2D eigenvalue weighted by molar-refractivity contribution is -0.137. The van der Waals surface area contributed by atoms with Gasteiger partial charge in [0.15, 0.2) is 0 Å². The van der Waals surface area contributed by atoms with E-state index in [0.717, 1.165) is 44.9 Å². The molecule has 0 bridgehead atoms. The number of amides is 2. The van der Waals surface area contributed by atoms with Crippen molar-refractivity contribution < 1.29 is 9.59 Å². The number of rotatable bonds is 4. The molecule has 27 heavy (non-hydrogen) atoms. The van der Waals surface area contributed by atoms with Crippen LogP contribution in [0.1, 0.15) is 39.0 Å². The topological polar surface area (TPSA) is 64.7 Å². The highest BCUT2D eigenvalue weighted by Crippen LogP contribution is 2.38. The average Bonchev–Trinajstić information content (AvgIpc) is 3.34. The van der Waals surface area contributed by atoms with Gasteiger partial charge in [-0.3, -0.25) is 14.9 Å². The Labute approximate surface area is 170 Å². The van der Waals surface area contributed by atoms with E-state index in [4.69, 9.17) is 0 Å². The first-order chi connectivity index (χ1) is 13.2. The van der Waals surface area contributed by atoms with E-state index in [1.165, 1.54) is 25.7 Å². The van der Waals surface area contributed by atoms with Crippen LogP contribution in [0.2, 0.25) is 0 Å². The first-order valence-electron chi connectivity index (χ1n) is 10.5. The van der Waals surface area contributed by atoms with E-state index in [1.807, 2.05) is 4.90 Å². The van der Waals surface area contributed by atoms with Gasteiger partial charge in [0.1, 0.15) is 5.37 Å². The van der Waals surface area contributed by atoms with E-state index in [1.54, 1.807) is 23.5 Å². The molecule has 1 saturated carbocycles. The maximum atomic E-state index is 13.0. The molecule has 6 nitrogen and oxygen atoms in total. The molecule has 1 aliphatic carbocycles. The minimum Gasteiger partial charge on any atom is -0.341 e. The van der Waals surface area contributed by atoms with Crippen LogP contribution in [0.3, 0.4) is 0 Å². The van der Waals surface area contributed by atoms with E-state index in [2.05, 4.69) is 22.5 Å². The summed E-state index contributed by atoms with van der Waals surface area (Å²) in [5.41, 5.74) is 0. The summed E-state index contributed by atoms with van der Waals surface area (Å²) < 4.78 is 0. The Morgan fingerprint density at radius 2 is 1.89 bits per heavy atom. The summed E-state index contributed by atoms with van der Waals surface area (Å²) in [6.07, 6.45) is 5.83. The van der Waals surface area contributed by atoms with Crippen LogP contribution >= 0.6 is 23.5 Å². The molecule has 4 aliphatic rings. The number of hydrogen-bond acceptors (Lipinski definition) is 6. The molecule has 5 unspecified atom stereocenters. The number of thioether (sulfide) groups is 2. The van der Waals surface area contributed by atoms with Gasteiger partial charge in [0.05, 0.1) is 11.3 Å². The van der Waals surface area contributed by atoms with Gasteiger partial charge in [0, 0.05) is 37.5 Å². The second-order valence-corrected chi connectivity index (χ2v) is 10.7. The van der Waals surface area contributed by atoms with Crippen LogP contribution in [0.4, 0.5) is 0 Å². The van der Waals surface area contributed by atoms with Gasteiger partial charge < -0.3 is 15.1 Å². The average molecular weight is 413 g/mol. The third-order valence-corrected chi connectivity index (χ3v) is 9.25. The Balaban J connectivity index is 1.30. The molecule has 5 atom stereocenters. The maximum Gasteiger partial charge on any atom is 0.248 e. The SMILES string of the molecule is CCN1CCN(C(=O)C2CCSC2NC(=O)C2NC3CCCCC3S2)CC1. The van der Waals surface area contributed by atoms with Gasteiger partial charge in [-0.05, 0) is 31.6 Å². The summed E-state index contributed by atoms with van der Waals surface area (Å²) in [7, 11) is 0. The number of hydrogen-bond donors (Lipinski definition) is 2. The predicted molar refractivity (Wildman–Crippen MR) is 112 cm³/mol. The molecular formula is C19H32N4O2S2. The number of piperazine rings is 1. The monoisotopic (exact) mass is 412 g/mol. The Morgan fingerprint density at radius 3 is 2.63 bits per heavy atom. The molecule has 4 fully saturated rings. The molecule has 3 aliphatic heterocycles. The van der Waals surface area contributed by atoms with E-state index in [-0.39, 0.29) is 28.5 Å². The first-order valence-corrected chi connectivity index (χ1v) is 12.5. The third kappa shape index (κ3) is 4.43. The zero-order valence-corrected chi connectivity index (χ0v) is 17.8. The lowest BCUT2D eigenvalue weighted by Crippen LogP contribution is -2.53. The number of carbonyl (C=O) groups is 2. The van der Waals surface area contributed by atoms with Crippen molar-refractivity contribution in [1.29, 1.82) is 0 Å². The minimum atomic E-state index is -0.150. The summed E-state index contributed by atoms with van der Waals surface area (Å²) in [4.78, 5) is 30.3. The van der Waals surface area contributed by atoms with Crippen LogP contribution in [-0.2, 0) is 9.59 Å². The van der Waals surface area contributed by atoms with Crippen molar-refractivity contribution in [2.45, 2.75) is 61.1 Å². The molecule has 0 aromatic heterocycles. The van der Waals surface area contributed by atoms with Crippen molar-refractivity contribution in [1.82, 2.24) is 20.4 Å². The van der Waals surface area contributed by atoms with Gasteiger partial charge in [-0.2, -0.15) is 0 Å². The number of carbonyl (C=O) groups excluding carboxylic acids is 2. The van der Waals surface area contributed by atoms with Gasteiger partial charge in [-0.1, -0.05) is 19.8 Å². The van der Waals surface area contributed by atoms with Crippen molar-refractivity contribution in [2.24, 2.45) is 5.92 Å². The number of likely N-dealkylation sites (N-methyl/N-ethyl adjacent to an activating group) is 1. The van der Waals surface area contributed by atoms with Gasteiger partial charge in [0.25, 0.3) is 0 Å². The summed E-state index contributed by atoms with van der Waals surface area (Å²) in [5.74, 6) is 1.19. The van der Waals surface area contributed by atoms with Crippen molar-refractivity contribution in [3.8, 4) is 0 Å². The van der Waals surface area contributed by atoms with Gasteiger partial charge >= 0.3 is 0 Å². The molecule has 3 heterocycles. The van der Waals surface area contributed by atoms with Crippen LogP contribution in [0.5, 0.6) is 0 Å². The summed E-state index contributed by atoms with van der Waals surface area (Å²) in [5, 5.41) is 7.09. The van der Waals surface area contributed by atoms with Crippen molar-refractivity contribution in [2.75, 3.05) is 38.5 Å². The van der Waals surface area contributed by atoms with Gasteiger partial charge in [-0.25, -0.2) is 0 Å². The third-order valence-electron chi connectivity index (χ3n) is 6.44. The molecule has 0 aromatic rings. The molecule has 0 spiro atoms. The first kappa shape index (κ1) is 19.9. The Hall–Kier alpha value is -0.440. The van der Waals surface area contributed by atoms with E-state index in [9.17, 15) is 9.59 Å². The smallest absolute Gasteiger partial charge is 0.248 e. The molecular weight excluding hydrogens is 380 g/mol. The Bertz CT molecular complexity index is 542.